The van der Waals surface area contributed by atoms with Crippen LogP contribution in [0.1, 0.15) is 11.7 Å². The Kier molecular flexibility index (Phi) is 3.47. The van der Waals surface area contributed by atoms with Crippen molar-refractivity contribution in [2.45, 2.75) is 24.4 Å². The number of halogens is 1. The zero-order valence-electron chi connectivity index (χ0n) is 8.45. The molecule has 0 aliphatic carbocycles. The third-order valence-electron chi connectivity index (χ3n) is 2.71. The molecule has 0 saturated carbocycles. The van der Waals surface area contributed by atoms with E-state index in [0.29, 0.717) is 10.6 Å². The maximum Gasteiger partial charge on any atom is 0.116 e. The minimum absolute atomic E-state index is 0.0382. The number of ether oxygens (including phenoxy) is 1. The summed E-state index contributed by atoms with van der Waals surface area (Å²) in [5, 5.41) is 29.4. The SMILES string of the molecule is OC1COC([C@H](O)c2ccc(Cl)cc2)C1O. The standard InChI is InChI=1S/C11H13ClO4/c12-7-3-1-6(2-4-7)9(14)11-10(15)8(13)5-16-11/h1-4,8-11,13-15H,5H2/t8?,9-,10?,11?/m1/s1. The second-order valence-corrected chi connectivity index (χ2v) is 4.29. The fourth-order valence-electron chi connectivity index (χ4n) is 1.75. The van der Waals surface area contributed by atoms with Gasteiger partial charge in [0.2, 0.25) is 0 Å². The molecule has 88 valence electrons. The molecule has 2 rings (SSSR count). The summed E-state index contributed by atoms with van der Waals surface area (Å²) in [5.74, 6) is 0. The van der Waals surface area contributed by atoms with E-state index in [-0.39, 0.29) is 6.61 Å². The van der Waals surface area contributed by atoms with E-state index in [0.717, 1.165) is 0 Å². The average molecular weight is 245 g/mol. The molecular formula is C11H13ClO4. The van der Waals surface area contributed by atoms with Crippen LogP contribution in [0.2, 0.25) is 5.02 Å². The first-order chi connectivity index (χ1) is 7.59. The molecule has 0 amide bonds. The topological polar surface area (TPSA) is 69.9 Å². The number of benzene rings is 1. The molecule has 1 aliphatic rings. The third kappa shape index (κ3) is 2.21. The van der Waals surface area contributed by atoms with Crippen molar-refractivity contribution in [3.8, 4) is 0 Å². The molecule has 1 aliphatic heterocycles. The van der Waals surface area contributed by atoms with Gasteiger partial charge in [0.05, 0.1) is 6.61 Å². The molecule has 3 N–H and O–H groups in total. The highest BCUT2D eigenvalue weighted by Gasteiger charge is 2.39. The van der Waals surface area contributed by atoms with E-state index in [9.17, 15) is 15.3 Å². The first kappa shape index (κ1) is 11.8. The Hall–Kier alpha value is -0.650. The van der Waals surface area contributed by atoms with E-state index in [1.165, 1.54) is 0 Å². The number of rotatable bonds is 2. The van der Waals surface area contributed by atoms with Crippen molar-refractivity contribution in [1.82, 2.24) is 0 Å². The summed E-state index contributed by atoms with van der Waals surface area (Å²) in [4.78, 5) is 0. The lowest BCUT2D eigenvalue weighted by molar-refractivity contribution is -0.0520. The lowest BCUT2D eigenvalue weighted by Gasteiger charge is -2.21. The van der Waals surface area contributed by atoms with Gasteiger partial charge >= 0.3 is 0 Å². The predicted molar refractivity (Wildman–Crippen MR) is 58.2 cm³/mol. The van der Waals surface area contributed by atoms with Gasteiger partial charge in [-0.15, -0.1) is 0 Å². The Morgan fingerprint density at radius 3 is 2.38 bits per heavy atom. The van der Waals surface area contributed by atoms with Crippen LogP contribution in [0.25, 0.3) is 0 Å². The number of hydrogen-bond donors (Lipinski definition) is 3. The van der Waals surface area contributed by atoms with Crippen LogP contribution in [-0.4, -0.2) is 40.2 Å². The predicted octanol–water partition coefficient (Wildman–Crippen LogP) is 0.494. The van der Waals surface area contributed by atoms with Gasteiger partial charge in [0.15, 0.2) is 0 Å². The molecule has 1 aromatic carbocycles. The maximum atomic E-state index is 9.96. The van der Waals surface area contributed by atoms with Crippen LogP contribution >= 0.6 is 11.6 Å². The van der Waals surface area contributed by atoms with Gasteiger partial charge in [-0.25, -0.2) is 0 Å². The molecule has 1 aromatic rings. The average Bonchev–Trinajstić information content (AvgIpc) is 2.60. The molecule has 0 radical (unpaired) electrons. The van der Waals surface area contributed by atoms with Crippen LogP contribution in [0.4, 0.5) is 0 Å². The van der Waals surface area contributed by atoms with Gasteiger partial charge in [-0.3, -0.25) is 0 Å². The van der Waals surface area contributed by atoms with Gasteiger partial charge in [-0.2, -0.15) is 0 Å². The Balaban J connectivity index is 2.13. The van der Waals surface area contributed by atoms with Gasteiger partial charge < -0.3 is 20.1 Å². The molecule has 4 atom stereocenters. The van der Waals surface area contributed by atoms with Crippen molar-refractivity contribution in [3.05, 3.63) is 34.9 Å². The fourth-order valence-corrected chi connectivity index (χ4v) is 1.88. The Morgan fingerprint density at radius 1 is 1.25 bits per heavy atom. The van der Waals surface area contributed by atoms with E-state index in [1.54, 1.807) is 24.3 Å². The monoisotopic (exact) mass is 244 g/mol. The van der Waals surface area contributed by atoms with Crippen molar-refractivity contribution in [1.29, 1.82) is 0 Å². The van der Waals surface area contributed by atoms with Gasteiger partial charge in [-0.1, -0.05) is 23.7 Å². The van der Waals surface area contributed by atoms with Crippen molar-refractivity contribution < 1.29 is 20.1 Å². The van der Waals surface area contributed by atoms with E-state index >= 15 is 0 Å². The van der Waals surface area contributed by atoms with Crippen LogP contribution in [-0.2, 0) is 4.74 Å². The number of aliphatic hydroxyl groups is 3. The van der Waals surface area contributed by atoms with Crippen LogP contribution in [0.5, 0.6) is 0 Å². The highest BCUT2D eigenvalue weighted by Crippen LogP contribution is 2.28. The molecule has 4 nitrogen and oxygen atoms in total. The first-order valence-corrected chi connectivity index (χ1v) is 5.38. The zero-order chi connectivity index (χ0) is 11.7. The molecule has 0 spiro atoms. The van der Waals surface area contributed by atoms with Crippen LogP contribution < -0.4 is 0 Å². The van der Waals surface area contributed by atoms with Gasteiger partial charge in [0.25, 0.3) is 0 Å². The smallest absolute Gasteiger partial charge is 0.116 e. The quantitative estimate of drug-likeness (QED) is 0.708. The summed E-state index contributed by atoms with van der Waals surface area (Å²) in [6.07, 6.45) is -3.77. The second kappa shape index (κ2) is 4.69. The highest BCUT2D eigenvalue weighted by atomic mass is 35.5. The molecule has 0 bridgehead atoms. The summed E-state index contributed by atoms with van der Waals surface area (Å²) in [5.41, 5.74) is 0.600. The number of aliphatic hydroxyl groups excluding tert-OH is 3. The van der Waals surface area contributed by atoms with Gasteiger partial charge in [-0.05, 0) is 17.7 Å². The lowest BCUT2D eigenvalue weighted by Crippen LogP contribution is -2.34. The highest BCUT2D eigenvalue weighted by molar-refractivity contribution is 6.30. The maximum absolute atomic E-state index is 9.96. The van der Waals surface area contributed by atoms with Crippen LogP contribution in [0.3, 0.4) is 0 Å². The van der Waals surface area contributed by atoms with E-state index in [1.807, 2.05) is 0 Å². The first-order valence-electron chi connectivity index (χ1n) is 5.01. The van der Waals surface area contributed by atoms with Crippen molar-refractivity contribution in [2.75, 3.05) is 6.61 Å². The third-order valence-corrected chi connectivity index (χ3v) is 2.96. The largest absolute Gasteiger partial charge is 0.388 e. The Morgan fingerprint density at radius 2 is 1.88 bits per heavy atom. The molecular weight excluding hydrogens is 232 g/mol. The number of hydrogen-bond acceptors (Lipinski definition) is 4. The van der Waals surface area contributed by atoms with Gasteiger partial charge in [0.1, 0.15) is 24.4 Å². The van der Waals surface area contributed by atoms with E-state index < -0.39 is 24.4 Å². The summed E-state index contributed by atoms with van der Waals surface area (Å²) in [6, 6.07) is 6.62. The second-order valence-electron chi connectivity index (χ2n) is 3.85. The van der Waals surface area contributed by atoms with Crippen LogP contribution in [0, 0.1) is 0 Å². The molecule has 5 heteroatoms. The lowest BCUT2D eigenvalue weighted by atomic mass is 10.00. The van der Waals surface area contributed by atoms with E-state index in [2.05, 4.69) is 0 Å². The summed E-state index contributed by atoms with van der Waals surface area (Å²) in [7, 11) is 0. The summed E-state index contributed by atoms with van der Waals surface area (Å²) < 4.78 is 5.14. The Bertz CT molecular complexity index is 354. The molecule has 3 unspecified atom stereocenters. The van der Waals surface area contributed by atoms with E-state index in [4.69, 9.17) is 16.3 Å². The zero-order valence-corrected chi connectivity index (χ0v) is 9.21. The van der Waals surface area contributed by atoms with Crippen molar-refractivity contribution in [3.63, 3.8) is 0 Å². The summed E-state index contributed by atoms with van der Waals surface area (Å²) in [6.45, 7) is 0.0382. The van der Waals surface area contributed by atoms with Gasteiger partial charge in [0, 0.05) is 5.02 Å². The van der Waals surface area contributed by atoms with Crippen LogP contribution in [0.15, 0.2) is 24.3 Å². The molecule has 1 fully saturated rings. The summed E-state index contributed by atoms with van der Waals surface area (Å²) >= 11 is 5.73. The van der Waals surface area contributed by atoms with Crippen molar-refractivity contribution >= 4 is 11.6 Å². The normalized spacial score (nSPS) is 31.6. The molecule has 1 heterocycles. The molecule has 16 heavy (non-hydrogen) atoms. The fraction of sp³-hybridized carbons (Fsp3) is 0.455. The molecule has 0 aromatic heterocycles. The Labute approximate surface area is 98.0 Å². The molecule has 1 saturated heterocycles. The minimum atomic E-state index is -1.06. The minimum Gasteiger partial charge on any atom is -0.388 e. The van der Waals surface area contributed by atoms with Crippen molar-refractivity contribution in [2.24, 2.45) is 0 Å².